The molecule has 0 aliphatic heterocycles. The molecule has 0 aliphatic carbocycles. The molecule has 1 amide bonds. The Balaban J connectivity index is 2.26. The molecule has 4 N–H and O–H groups in total. The molecule has 0 unspecified atom stereocenters. The Morgan fingerprint density at radius 3 is 2.52 bits per heavy atom. The van der Waals surface area contributed by atoms with Gasteiger partial charge >= 0.3 is 6.18 Å². The number of anilines is 1. The van der Waals surface area contributed by atoms with E-state index in [4.69, 9.17) is 5.73 Å². The number of hydrogen-bond donors (Lipinski definition) is 3. The van der Waals surface area contributed by atoms with Gasteiger partial charge in [0.1, 0.15) is 0 Å². The van der Waals surface area contributed by atoms with Gasteiger partial charge in [-0.3, -0.25) is 9.89 Å². The van der Waals surface area contributed by atoms with Crippen molar-refractivity contribution in [1.29, 1.82) is 0 Å². The predicted molar refractivity (Wildman–Crippen MR) is 80.0 cm³/mol. The Kier molecular flexibility index (Phi) is 4.74. The molecule has 0 spiro atoms. The Morgan fingerprint density at radius 2 is 2.00 bits per heavy atom. The average molecular weight is 326 g/mol. The standard InChI is InChI=1S/C15H17F3N4O/c1-8(2)12-6-13(22-21-12)14(23)20-11-4-9(7-19)3-10(5-11)15(16,17)18/h3-6,8H,7,19H2,1-2H3,(H,20,23)(H,21,22). The Labute approximate surface area is 131 Å². The summed E-state index contributed by atoms with van der Waals surface area (Å²) in [6.07, 6.45) is -4.51. The van der Waals surface area contributed by atoms with Crippen molar-refractivity contribution >= 4 is 11.6 Å². The summed E-state index contributed by atoms with van der Waals surface area (Å²) in [5.41, 5.74) is 5.73. The third kappa shape index (κ3) is 4.10. The quantitative estimate of drug-likeness (QED) is 0.806. The molecule has 0 atom stereocenters. The van der Waals surface area contributed by atoms with Gasteiger partial charge in [0.2, 0.25) is 0 Å². The zero-order chi connectivity index (χ0) is 17.2. The lowest BCUT2D eigenvalue weighted by molar-refractivity contribution is -0.137. The van der Waals surface area contributed by atoms with E-state index >= 15 is 0 Å². The number of carbonyl (C=O) groups is 1. The first-order chi connectivity index (χ1) is 10.7. The number of H-pyrrole nitrogens is 1. The highest BCUT2D eigenvalue weighted by Gasteiger charge is 2.31. The third-order valence-electron chi connectivity index (χ3n) is 3.27. The van der Waals surface area contributed by atoms with Crippen LogP contribution in [0.25, 0.3) is 0 Å². The summed E-state index contributed by atoms with van der Waals surface area (Å²) >= 11 is 0. The third-order valence-corrected chi connectivity index (χ3v) is 3.27. The first-order valence-electron chi connectivity index (χ1n) is 6.98. The highest BCUT2D eigenvalue weighted by molar-refractivity contribution is 6.03. The molecule has 2 aromatic rings. The lowest BCUT2D eigenvalue weighted by Gasteiger charge is -2.12. The molecule has 1 aromatic heterocycles. The average Bonchev–Trinajstić information content (AvgIpc) is 2.96. The summed E-state index contributed by atoms with van der Waals surface area (Å²) in [6, 6.07) is 4.80. The number of nitrogens with two attached hydrogens (primary N) is 1. The summed E-state index contributed by atoms with van der Waals surface area (Å²) in [7, 11) is 0. The van der Waals surface area contributed by atoms with Crippen LogP contribution in [0, 0.1) is 0 Å². The number of alkyl halides is 3. The highest BCUT2D eigenvalue weighted by atomic mass is 19.4. The van der Waals surface area contributed by atoms with Gasteiger partial charge in [0.25, 0.3) is 5.91 Å². The van der Waals surface area contributed by atoms with Crippen molar-refractivity contribution in [3.63, 3.8) is 0 Å². The zero-order valence-electron chi connectivity index (χ0n) is 12.7. The molecule has 0 fully saturated rings. The molecule has 1 heterocycles. The second kappa shape index (κ2) is 6.41. The molecule has 0 radical (unpaired) electrons. The van der Waals surface area contributed by atoms with Gasteiger partial charge in [0.05, 0.1) is 5.56 Å². The molecule has 0 aliphatic rings. The maximum atomic E-state index is 12.9. The van der Waals surface area contributed by atoms with Gasteiger partial charge in [-0.05, 0) is 35.7 Å². The largest absolute Gasteiger partial charge is 0.416 e. The molecule has 2 rings (SSSR count). The van der Waals surface area contributed by atoms with Gasteiger partial charge in [0, 0.05) is 17.9 Å². The molecule has 5 nitrogen and oxygen atoms in total. The first-order valence-corrected chi connectivity index (χ1v) is 6.98. The minimum atomic E-state index is -4.51. The topological polar surface area (TPSA) is 83.8 Å². The smallest absolute Gasteiger partial charge is 0.326 e. The van der Waals surface area contributed by atoms with Crippen molar-refractivity contribution in [1.82, 2.24) is 10.2 Å². The van der Waals surface area contributed by atoms with Crippen LogP contribution < -0.4 is 11.1 Å². The molecular weight excluding hydrogens is 309 g/mol. The maximum absolute atomic E-state index is 12.9. The SMILES string of the molecule is CC(C)c1cc(C(=O)Nc2cc(CN)cc(C(F)(F)F)c2)n[nH]1. The molecule has 8 heteroatoms. The summed E-state index contributed by atoms with van der Waals surface area (Å²) in [5.74, 6) is -0.433. The van der Waals surface area contributed by atoms with E-state index in [2.05, 4.69) is 15.5 Å². The fourth-order valence-electron chi connectivity index (χ4n) is 1.99. The first kappa shape index (κ1) is 17.0. The normalized spacial score (nSPS) is 11.8. The van der Waals surface area contributed by atoms with Crippen molar-refractivity contribution in [2.45, 2.75) is 32.5 Å². The van der Waals surface area contributed by atoms with E-state index in [1.54, 1.807) is 6.07 Å². The van der Waals surface area contributed by atoms with Gasteiger partial charge in [-0.2, -0.15) is 18.3 Å². The molecule has 23 heavy (non-hydrogen) atoms. The number of aromatic nitrogens is 2. The number of nitrogens with zero attached hydrogens (tertiary/aromatic N) is 1. The Morgan fingerprint density at radius 1 is 1.30 bits per heavy atom. The van der Waals surface area contributed by atoms with Crippen molar-refractivity contribution in [2.24, 2.45) is 5.73 Å². The van der Waals surface area contributed by atoms with Crippen molar-refractivity contribution in [2.75, 3.05) is 5.32 Å². The van der Waals surface area contributed by atoms with E-state index in [1.165, 1.54) is 6.07 Å². The summed E-state index contributed by atoms with van der Waals surface area (Å²) in [5, 5.41) is 9.00. The fourth-order valence-corrected chi connectivity index (χ4v) is 1.99. The molecule has 0 saturated heterocycles. The number of carbonyl (C=O) groups excluding carboxylic acids is 1. The number of nitrogens with one attached hydrogen (secondary N) is 2. The van der Waals surface area contributed by atoms with Crippen LogP contribution in [0.1, 0.15) is 47.1 Å². The van der Waals surface area contributed by atoms with E-state index in [1.807, 2.05) is 13.8 Å². The second-order valence-electron chi connectivity index (χ2n) is 5.44. The lowest BCUT2D eigenvalue weighted by Crippen LogP contribution is -2.14. The molecule has 124 valence electrons. The van der Waals surface area contributed by atoms with Gasteiger partial charge in [-0.25, -0.2) is 0 Å². The Hall–Kier alpha value is -2.35. The van der Waals surface area contributed by atoms with Gasteiger partial charge < -0.3 is 11.1 Å². The van der Waals surface area contributed by atoms with Crippen LogP contribution in [-0.4, -0.2) is 16.1 Å². The van der Waals surface area contributed by atoms with E-state index in [9.17, 15) is 18.0 Å². The number of aromatic amines is 1. The Bertz CT molecular complexity index is 707. The summed E-state index contributed by atoms with van der Waals surface area (Å²) < 4.78 is 38.6. The molecule has 0 bridgehead atoms. The number of rotatable bonds is 4. The summed E-state index contributed by atoms with van der Waals surface area (Å²) in [6.45, 7) is 3.79. The summed E-state index contributed by atoms with van der Waals surface area (Å²) in [4.78, 5) is 12.1. The van der Waals surface area contributed by atoms with Crippen molar-refractivity contribution in [3.05, 3.63) is 46.8 Å². The van der Waals surface area contributed by atoms with Crippen molar-refractivity contribution in [3.8, 4) is 0 Å². The molecule has 0 saturated carbocycles. The van der Waals surface area contributed by atoms with Crippen LogP contribution >= 0.6 is 0 Å². The number of amides is 1. The van der Waals surface area contributed by atoms with E-state index < -0.39 is 17.6 Å². The monoisotopic (exact) mass is 326 g/mol. The van der Waals surface area contributed by atoms with Crippen LogP contribution in [0.4, 0.5) is 18.9 Å². The van der Waals surface area contributed by atoms with Gasteiger partial charge in [-0.15, -0.1) is 0 Å². The van der Waals surface area contributed by atoms with Gasteiger partial charge in [-0.1, -0.05) is 13.8 Å². The van der Waals surface area contributed by atoms with Crippen molar-refractivity contribution < 1.29 is 18.0 Å². The number of benzene rings is 1. The highest BCUT2D eigenvalue weighted by Crippen LogP contribution is 2.32. The zero-order valence-corrected chi connectivity index (χ0v) is 12.7. The molecular formula is C15H17F3N4O. The van der Waals surface area contributed by atoms with E-state index in [-0.39, 0.29) is 29.4 Å². The minimum absolute atomic E-state index is 0.0272. The second-order valence-corrected chi connectivity index (χ2v) is 5.44. The van der Waals surface area contributed by atoms with Crippen LogP contribution in [0.2, 0.25) is 0 Å². The number of halogens is 3. The molecule has 1 aromatic carbocycles. The van der Waals surface area contributed by atoms with Crippen LogP contribution in [0.15, 0.2) is 24.3 Å². The minimum Gasteiger partial charge on any atom is -0.326 e. The van der Waals surface area contributed by atoms with Gasteiger partial charge in [0.15, 0.2) is 5.69 Å². The lowest BCUT2D eigenvalue weighted by atomic mass is 10.1. The van der Waals surface area contributed by atoms with Crippen LogP contribution in [-0.2, 0) is 12.7 Å². The van der Waals surface area contributed by atoms with E-state index in [0.29, 0.717) is 0 Å². The maximum Gasteiger partial charge on any atom is 0.416 e. The fraction of sp³-hybridized carbons (Fsp3) is 0.333. The predicted octanol–water partition coefficient (Wildman–Crippen LogP) is 3.26. The van der Waals surface area contributed by atoms with Crippen LogP contribution in [0.3, 0.4) is 0 Å². The van der Waals surface area contributed by atoms with Crippen LogP contribution in [0.5, 0.6) is 0 Å². The number of hydrogen-bond acceptors (Lipinski definition) is 3. The van der Waals surface area contributed by atoms with E-state index in [0.717, 1.165) is 17.8 Å².